The van der Waals surface area contributed by atoms with Crippen molar-refractivity contribution in [1.82, 2.24) is 15.5 Å². The molecule has 1 amide bonds. The molecule has 3 fully saturated rings. The van der Waals surface area contributed by atoms with E-state index in [2.05, 4.69) is 22.6 Å². The highest BCUT2D eigenvalue weighted by molar-refractivity contribution is 5.83. The Bertz CT molecular complexity index is 365. The van der Waals surface area contributed by atoms with Crippen molar-refractivity contribution in [3.63, 3.8) is 0 Å². The first-order valence-corrected chi connectivity index (χ1v) is 8.88. The molecule has 0 unspecified atom stereocenters. The second kappa shape index (κ2) is 6.66. The zero-order valence-corrected chi connectivity index (χ0v) is 13.5. The predicted molar refractivity (Wildman–Crippen MR) is 85.1 cm³/mol. The molecule has 1 saturated carbocycles. The third-order valence-corrected chi connectivity index (χ3v) is 6.17. The summed E-state index contributed by atoms with van der Waals surface area (Å²) in [6, 6.07) is 0. The molecule has 3 rings (SSSR count). The van der Waals surface area contributed by atoms with E-state index in [1.165, 1.54) is 45.2 Å². The Kier molecular flexibility index (Phi) is 4.85. The molecule has 0 bridgehead atoms. The molecule has 0 aromatic heterocycles. The zero-order chi connectivity index (χ0) is 14.7. The normalized spacial score (nSPS) is 34.6. The summed E-state index contributed by atoms with van der Waals surface area (Å²) in [5.41, 5.74) is -0.0783. The largest absolute Gasteiger partial charge is 0.356 e. The van der Waals surface area contributed by atoms with Gasteiger partial charge in [-0.15, -0.1) is 0 Å². The summed E-state index contributed by atoms with van der Waals surface area (Å²) in [6.07, 6.45) is 8.59. The monoisotopic (exact) mass is 293 g/mol. The van der Waals surface area contributed by atoms with Crippen LogP contribution in [-0.2, 0) is 4.79 Å². The van der Waals surface area contributed by atoms with Gasteiger partial charge in [0, 0.05) is 13.1 Å². The molecule has 0 aromatic carbocycles. The number of nitrogens with one attached hydrogen (secondary N) is 2. The SMILES string of the molecule is CN1CCC(CCNC(=O)[C@@]23CCCC[C@H]2CNC3)CC1. The van der Waals surface area contributed by atoms with Crippen molar-refractivity contribution in [2.24, 2.45) is 17.3 Å². The minimum atomic E-state index is -0.0783. The lowest BCUT2D eigenvalue weighted by Crippen LogP contribution is -2.48. The quantitative estimate of drug-likeness (QED) is 0.828. The molecule has 3 aliphatic rings. The number of carbonyl (C=O) groups excluding carboxylic acids is 1. The smallest absolute Gasteiger partial charge is 0.227 e. The van der Waals surface area contributed by atoms with E-state index in [4.69, 9.17) is 0 Å². The van der Waals surface area contributed by atoms with Crippen LogP contribution in [0.2, 0.25) is 0 Å². The Labute approximate surface area is 129 Å². The van der Waals surface area contributed by atoms with Crippen molar-refractivity contribution < 1.29 is 4.79 Å². The van der Waals surface area contributed by atoms with Gasteiger partial charge < -0.3 is 15.5 Å². The Balaban J connectivity index is 1.45. The van der Waals surface area contributed by atoms with Crippen LogP contribution in [-0.4, -0.2) is 50.6 Å². The molecule has 0 radical (unpaired) electrons. The van der Waals surface area contributed by atoms with Crippen LogP contribution in [0.5, 0.6) is 0 Å². The van der Waals surface area contributed by atoms with Crippen LogP contribution in [0, 0.1) is 17.3 Å². The predicted octanol–water partition coefficient (Wildman–Crippen LogP) is 1.61. The molecule has 2 aliphatic heterocycles. The third-order valence-electron chi connectivity index (χ3n) is 6.17. The van der Waals surface area contributed by atoms with Gasteiger partial charge in [-0.3, -0.25) is 4.79 Å². The molecule has 21 heavy (non-hydrogen) atoms. The molecule has 2 N–H and O–H groups in total. The fraction of sp³-hybridized carbons (Fsp3) is 0.941. The van der Waals surface area contributed by atoms with Gasteiger partial charge >= 0.3 is 0 Å². The standard InChI is InChI=1S/C17H31N3O/c1-20-10-6-14(7-11-20)5-9-19-16(21)17-8-3-2-4-15(17)12-18-13-17/h14-15,18H,2-13H2,1H3,(H,19,21)/t15-,17+/m0/s1. The van der Waals surface area contributed by atoms with Crippen molar-refractivity contribution in [3.8, 4) is 0 Å². The molecule has 2 atom stereocenters. The number of nitrogens with zero attached hydrogens (tertiary/aromatic N) is 1. The maximum atomic E-state index is 12.7. The maximum absolute atomic E-state index is 12.7. The van der Waals surface area contributed by atoms with Crippen LogP contribution in [0.4, 0.5) is 0 Å². The van der Waals surface area contributed by atoms with Crippen LogP contribution in [0.25, 0.3) is 0 Å². The fourth-order valence-corrected chi connectivity index (χ4v) is 4.61. The topological polar surface area (TPSA) is 44.4 Å². The van der Waals surface area contributed by atoms with Gasteiger partial charge in [-0.05, 0) is 70.6 Å². The van der Waals surface area contributed by atoms with E-state index in [-0.39, 0.29) is 5.41 Å². The molecule has 4 heteroatoms. The van der Waals surface area contributed by atoms with Crippen molar-refractivity contribution in [2.75, 3.05) is 39.8 Å². The lowest BCUT2D eigenvalue weighted by Gasteiger charge is -2.37. The lowest BCUT2D eigenvalue weighted by molar-refractivity contribution is -0.134. The van der Waals surface area contributed by atoms with Crippen LogP contribution >= 0.6 is 0 Å². The maximum Gasteiger partial charge on any atom is 0.227 e. The summed E-state index contributed by atoms with van der Waals surface area (Å²) < 4.78 is 0. The molecule has 0 spiro atoms. The lowest BCUT2D eigenvalue weighted by atomic mass is 9.67. The van der Waals surface area contributed by atoms with E-state index in [0.29, 0.717) is 11.8 Å². The number of fused-ring (bicyclic) bond motifs is 1. The van der Waals surface area contributed by atoms with Gasteiger partial charge in [-0.2, -0.15) is 0 Å². The Morgan fingerprint density at radius 2 is 2.10 bits per heavy atom. The van der Waals surface area contributed by atoms with Gasteiger partial charge in [0.15, 0.2) is 0 Å². The van der Waals surface area contributed by atoms with Crippen LogP contribution < -0.4 is 10.6 Å². The van der Waals surface area contributed by atoms with Gasteiger partial charge in [-0.25, -0.2) is 0 Å². The number of hydrogen-bond acceptors (Lipinski definition) is 3. The van der Waals surface area contributed by atoms with Crippen molar-refractivity contribution >= 4 is 5.91 Å². The van der Waals surface area contributed by atoms with Crippen LogP contribution in [0.1, 0.15) is 44.9 Å². The average molecular weight is 293 g/mol. The van der Waals surface area contributed by atoms with Gasteiger partial charge in [0.05, 0.1) is 5.41 Å². The first-order chi connectivity index (χ1) is 10.2. The first-order valence-electron chi connectivity index (χ1n) is 8.88. The second-order valence-electron chi connectivity index (χ2n) is 7.52. The number of hydrogen-bond donors (Lipinski definition) is 2. The second-order valence-corrected chi connectivity index (χ2v) is 7.52. The van der Waals surface area contributed by atoms with Crippen molar-refractivity contribution in [2.45, 2.75) is 44.9 Å². The Morgan fingerprint density at radius 3 is 2.90 bits per heavy atom. The summed E-state index contributed by atoms with van der Waals surface area (Å²) >= 11 is 0. The highest BCUT2D eigenvalue weighted by Crippen LogP contribution is 2.43. The third kappa shape index (κ3) is 3.26. The molecule has 2 heterocycles. The summed E-state index contributed by atoms with van der Waals surface area (Å²) in [4.78, 5) is 15.1. The van der Waals surface area contributed by atoms with E-state index >= 15 is 0 Å². The number of carbonyl (C=O) groups is 1. The molecular formula is C17H31N3O. The van der Waals surface area contributed by atoms with E-state index < -0.39 is 0 Å². The molecule has 2 saturated heterocycles. The van der Waals surface area contributed by atoms with Crippen molar-refractivity contribution in [3.05, 3.63) is 0 Å². The number of amides is 1. The van der Waals surface area contributed by atoms with E-state index in [1.54, 1.807) is 0 Å². The van der Waals surface area contributed by atoms with Crippen molar-refractivity contribution in [1.29, 1.82) is 0 Å². The number of piperidine rings is 1. The minimum Gasteiger partial charge on any atom is -0.356 e. The van der Waals surface area contributed by atoms with E-state index in [9.17, 15) is 4.79 Å². The minimum absolute atomic E-state index is 0.0783. The Morgan fingerprint density at radius 1 is 1.29 bits per heavy atom. The summed E-state index contributed by atoms with van der Waals surface area (Å²) in [5.74, 6) is 1.72. The summed E-state index contributed by atoms with van der Waals surface area (Å²) in [5, 5.41) is 6.74. The molecule has 1 aliphatic carbocycles. The molecular weight excluding hydrogens is 262 g/mol. The van der Waals surface area contributed by atoms with E-state index in [0.717, 1.165) is 38.4 Å². The van der Waals surface area contributed by atoms with Crippen LogP contribution in [0.3, 0.4) is 0 Å². The fourth-order valence-electron chi connectivity index (χ4n) is 4.61. The summed E-state index contributed by atoms with van der Waals surface area (Å²) in [7, 11) is 2.20. The number of likely N-dealkylation sites (tertiary alicyclic amines) is 1. The number of rotatable bonds is 4. The molecule has 4 nitrogen and oxygen atoms in total. The average Bonchev–Trinajstić information content (AvgIpc) is 2.94. The Hall–Kier alpha value is -0.610. The van der Waals surface area contributed by atoms with Gasteiger partial charge in [0.25, 0.3) is 0 Å². The highest BCUT2D eigenvalue weighted by atomic mass is 16.2. The molecule has 0 aromatic rings. The molecule has 120 valence electrons. The highest BCUT2D eigenvalue weighted by Gasteiger charge is 2.49. The first kappa shape index (κ1) is 15.3. The van der Waals surface area contributed by atoms with E-state index in [1.807, 2.05) is 0 Å². The van der Waals surface area contributed by atoms with Gasteiger partial charge in [0.2, 0.25) is 5.91 Å². The summed E-state index contributed by atoms with van der Waals surface area (Å²) in [6.45, 7) is 5.25. The van der Waals surface area contributed by atoms with Crippen LogP contribution in [0.15, 0.2) is 0 Å². The zero-order valence-electron chi connectivity index (χ0n) is 13.5. The van der Waals surface area contributed by atoms with Gasteiger partial charge in [0.1, 0.15) is 0 Å². The van der Waals surface area contributed by atoms with Gasteiger partial charge in [-0.1, -0.05) is 12.8 Å².